The van der Waals surface area contributed by atoms with E-state index in [1.807, 2.05) is 4.90 Å². The van der Waals surface area contributed by atoms with Crippen LogP contribution in [0.2, 0.25) is 0 Å². The third-order valence-corrected chi connectivity index (χ3v) is 3.37. The van der Waals surface area contributed by atoms with Crippen molar-refractivity contribution in [3.63, 3.8) is 0 Å². The molecular weight excluding hydrogens is 200 g/mol. The number of alkyl halides is 1. The zero-order valence-corrected chi connectivity index (χ0v) is 9.09. The fourth-order valence-corrected chi connectivity index (χ4v) is 2.59. The number of halogens is 1. The summed E-state index contributed by atoms with van der Waals surface area (Å²) in [6, 6.07) is 0.383. The van der Waals surface area contributed by atoms with E-state index in [-0.39, 0.29) is 11.3 Å². The van der Waals surface area contributed by atoms with Gasteiger partial charge in [0.1, 0.15) is 0 Å². The molecule has 0 aromatic heterocycles. The first-order valence-corrected chi connectivity index (χ1v) is 5.85. The molecular formula is C10H17ClN2O. The van der Waals surface area contributed by atoms with E-state index in [1.54, 1.807) is 0 Å². The van der Waals surface area contributed by atoms with Crippen LogP contribution in [0.25, 0.3) is 0 Å². The van der Waals surface area contributed by atoms with E-state index in [0.29, 0.717) is 12.5 Å². The first-order valence-electron chi connectivity index (χ1n) is 5.41. The number of carbonyl (C=O) groups excluding carboxylic acids is 1. The van der Waals surface area contributed by atoms with Gasteiger partial charge >= 0.3 is 0 Å². The molecule has 2 aliphatic heterocycles. The minimum atomic E-state index is 0.0331. The van der Waals surface area contributed by atoms with Crippen LogP contribution in [0.15, 0.2) is 0 Å². The largest absolute Gasteiger partial charge is 0.337 e. The topological polar surface area (TPSA) is 32.3 Å². The van der Waals surface area contributed by atoms with Gasteiger partial charge < -0.3 is 10.2 Å². The summed E-state index contributed by atoms with van der Waals surface area (Å²) >= 11 is 5.98. The second-order valence-corrected chi connectivity index (χ2v) is 4.82. The molecule has 1 amide bonds. The molecule has 2 saturated heterocycles. The lowest BCUT2D eigenvalue weighted by molar-refractivity contribution is -0.129. The van der Waals surface area contributed by atoms with Gasteiger partial charge in [-0.3, -0.25) is 4.79 Å². The van der Waals surface area contributed by atoms with E-state index in [0.717, 1.165) is 26.1 Å². The summed E-state index contributed by atoms with van der Waals surface area (Å²) in [5.41, 5.74) is 0. The molecule has 1 N–H and O–H groups in total. The Morgan fingerprint density at radius 2 is 2.29 bits per heavy atom. The highest BCUT2D eigenvalue weighted by Gasteiger charge is 2.33. The minimum Gasteiger partial charge on any atom is -0.337 e. The molecule has 0 saturated carbocycles. The summed E-state index contributed by atoms with van der Waals surface area (Å²) in [7, 11) is 0. The summed E-state index contributed by atoms with van der Waals surface area (Å²) in [5, 5.41) is 3.41. The maximum absolute atomic E-state index is 11.6. The molecule has 2 fully saturated rings. The van der Waals surface area contributed by atoms with Gasteiger partial charge in [-0.1, -0.05) is 6.42 Å². The van der Waals surface area contributed by atoms with Crippen LogP contribution in [0.4, 0.5) is 0 Å². The lowest BCUT2D eigenvalue weighted by Crippen LogP contribution is -2.42. The van der Waals surface area contributed by atoms with E-state index in [2.05, 4.69) is 5.32 Å². The quantitative estimate of drug-likeness (QED) is 0.663. The summed E-state index contributed by atoms with van der Waals surface area (Å²) in [5.74, 6) is 0.235. The van der Waals surface area contributed by atoms with Gasteiger partial charge in [-0.15, -0.1) is 11.6 Å². The number of nitrogens with zero attached hydrogens (tertiary/aromatic N) is 1. The van der Waals surface area contributed by atoms with E-state index in [4.69, 9.17) is 11.6 Å². The van der Waals surface area contributed by atoms with Crippen molar-refractivity contribution in [3.05, 3.63) is 0 Å². The predicted octanol–water partition coefficient (Wildman–Crippen LogP) is 0.968. The van der Waals surface area contributed by atoms with Gasteiger partial charge in [-0.2, -0.15) is 0 Å². The Bertz CT molecular complexity index is 214. The summed E-state index contributed by atoms with van der Waals surface area (Å²) in [4.78, 5) is 13.6. The van der Waals surface area contributed by atoms with Gasteiger partial charge in [-0.05, 0) is 19.4 Å². The Hall–Kier alpha value is -0.280. The molecule has 0 bridgehead atoms. The standard InChI is InChI=1S/C10H17ClN2O/c11-8-5-10(14)13(7-8)9-3-1-2-4-12-6-9/h8-9,12H,1-7H2. The first-order chi connectivity index (χ1) is 6.77. The number of carbonyl (C=O) groups is 1. The van der Waals surface area contributed by atoms with Crippen molar-refractivity contribution in [1.82, 2.24) is 10.2 Å². The summed E-state index contributed by atoms with van der Waals surface area (Å²) < 4.78 is 0. The SMILES string of the molecule is O=C1CC(Cl)CN1C1CCCCNC1. The van der Waals surface area contributed by atoms with Crippen molar-refractivity contribution in [3.8, 4) is 0 Å². The van der Waals surface area contributed by atoms with Gasteiger partial charge in [0.25, 0.3) is 0 Å². The average molecular weight is 217 g/mol. The molecule has 0 aromatic carbocycles. The van der Waals surface area contributed by atoms with Crippen molar-refractivity contribution in [1.29, 1.82) is 0 Å². The number of rotatable bonds is 1. The Morgan fingerprint density at radius 3 is 3.00 bits per heavy atom. The van der Waals surface area contributed by atoms with Crippen LogP contribution >= 0.6 is 11.6 Å². The number of amides is 1. The first kappa shape index (κ1) is 10.2. The molecule has 4 heteroatoms. The van der Waals surface area contributed by atoms with E-state index < -0.39 is 0 Å². The third kappa shape index (κ3) is 2.20. The Labute approximate surface area is 89.8 Å². The van der Waals surface area contributed by atoms with Gasteiger partial charge in [0.05, 0.1) is 5.38 Å². The molecule has 2 atom stereocenters. The third-order valence-electron chi connectivity index (χ3n) is 3.07. The number of hydrogen-bond acceptors (Lipinski definition) is 2. The molecule has 0 aromatic rings. The number of likely N-dealkylation sites (tertiary alicyclic amines) is 1. The maximum Gasteiger partial charge on any atom is 0.224 e. The van der Waals surface area contributed by atoms with Crippen LogP contribution in [-0.4, -0.2) is 41.9 Å². The molecule has 0 spiro atoms. The van der Waals surface area contributed by atoms with Crippen LogP contribution in [0, 0.1) is 0 Å². The molecule has 0 radical (unpaired) electrons. The smallest absolute Gasteiger partial charge is 0.224 e. The second-order valence-electron chi connectivity index (χ2n) is 4.20. The fraction of sp³-hybridized carbons (Fsp3) is 0.900. The summed E-state index contributed by atoms with van der Waals surface area (Å²) in [6.07, 6.45) is 4.09. The highest BCUT2D eigenvalue weighted by atomic mass is 35.5. The Kier molecular flexibility index (Phi) is 3.29. The molecule has 14 heavy (non-hydrogen) atoms. The van der Waals surface area contributed by atoms with Crippen molar-refractivity contribution in [2.75, 3.05) is 19.6 Å². The molecule has 3 nitrogen and oxygen atoms in total. The van der Waals surface area contributed by atoms with E-state index in [1.165, 1.54) is 12.8 Å². The summed E-state index contributed by atoms with van der Waals surface area (Å²) in [6.45, 7) is 2.77. The highest BCUT2D eigenvalue weighted by molar-refractivity contribution is 6.22. The van der Waals surface area contributed by atoms with Crippen LogP contribution in [-0.2, 0) is 4.79 Å². The van der Waals surface area contributed by atoms with Crippen LogP contribution in [0.5, 0.6) is 0 Å². The van der Waals surface area contributed by atoms with Crippen molar-refractivity contribution in [2.45, 2.75) is 37.1 Å². The lowest BCUT2D eigenvalue weighted by atomic mass is 10.1. The normalized spacial score (nSPS) is 34.6. The zero-order valence-electron chi connectivity index (χ0n) is 8.34. The van der Waals surface area contributed by atoms with Gasteiger partial charge in [0.15, 0.2) is 0 Å². The van der Waals surface area contributed by atoms with Crippen molar-refractivity contribution in [2.24, 2.45) is 0 Å². The minimum absolute atomic E-state index is 0.0331. The van der Waals surface area contributed by atoms with Crippen LogP contribution in [0.1, 0.15) is 25.7 Å². The highest BCUT2D eigenvalue weighted by Crippen LogP contribution is 2.21. The van der Waals surface area contributed by atoms with Gasteiger partial charge in [0.2, 0.25) is 5.91 Å². The molecule has 2 rings (SSSR count). The van der Waals surface area contributed by atoms with E-state index in [9.17, 15) is 4.79 Å². The zero-order chi connectivity index (χ0) is 9.97. The predicted molar refractivity (Wildman–Crippen MR) is 56.5 cm³/mol. The molecule has 0 aliphatic carbocycles. The van der Waals surface area contributed by atoms with Gasteiger partial charge in [0, 0.05) is 25.6 Å². The molecule has 2 aliphatic rings. The van der Waals surface area contributed by atoms with Crippen LogP contribution in [0.3, 0.4) is 0 Å². The molecule has 2 heterocycles. The Balaban J connectivity index is 1.95. The second kappa shape index (κ2) is 4.49. The van der Waals surface area contributed by atoms with E-state index >= 15 is 0 Å². The number of nitrogens with one attached hydrogen (secondary N) is 1. The Morgan fingerprint density at radius 1 is 1.43 bits per heavy atom. The lowest BCUT2D eigenvalue weighted by Gasteiger charge is -2.26. The molecule has 80 valence electrons. The van der Waals surface area contributed by atoms with Crippen molar-refractivity contribution < 1.29 is 4.79 Å². The monoisotopic (exact) mass is 216 g/mol. The average Bonchev–Trinajstić information content (AvgIpc) is 2.43. The van der Waals surface area contributed by atoms with Crippen molar-refractivity contribution >= 4 is 17.5 Å². The maximum atomic E-state index is 11.6. The van der Waals surface area contributed by atoms with Gasteiger partial charge in [-0.25, -0.2) is 0 Å². The van der Waals surface area contributed by atoms with Crippen LogP contribution < -0.4 is 5.32 Å². The molecule has 2 unspecified atom stereocenters. The number of hydrogen-bond donors (Lipinski definition) is 1. The fourth-order valence-electron chi connectivity index (χ4n) is 2.31.